The third kappa shape index (κ3) is 16.5. The number of carbonyl (C=O) groups excluding carboxylic acids is 2. The van der Waals surface area contributed by atoms with Crippen LogP contribution in [0.5, 0.6) is 0 Å². The Morgan fingerprint density at radius 2 is 1.33 bits per heavy atom. The number of hydrogen-bond donors (Lipinski definition) is 4. The van der Waals surface area contributed by atoms with Gasteiger partial charge in [-0.15, -0.1) is 29.0 Å². The van der Waals surface area contributed by atoms with Gasteiger partial charge in [0.25, 0.3) is 0 Å². The highest BCUT2D eigenvalue weighted by molar-refractivity contribution is 5.85. The highest BCUT2D eigenvalue weighted by Crippen LogP contribution is 2.26. The zero-order valence-electron chi connectivity index (χ0n) is 39.1. The van der Waals surface area contributed by atoms with E-state index in [9.17, 15) is 14.7 Å². The zero-order chi connectivity index (χ0) is 46.4. The van der Waals surface area contributed by atoms with E-state index >= 15 is 0 Å². The number of aliphatic hydroxyl groups excluding tert-OH is 1. The minimum Gasteiger partial charge on any atom is -0.393 e. The van der Waals surface area contributed by atoms with Crippen molar-refractivity contribution in [3.05, 3.63) is 23.8 Å². The third-order valence-corrected chi connectivity index (χ3v) is 11.6. The molecule has 23 heteroatoms. The van der Waals surface area contributed by atoms with Crippen molar-refractivity contribution in [2.75, 3.05) is 127 Å². The summed E-state index contributed by atoms with van der Waals surface area (Å²) in [4.78, 5) is 50.8. The molecule has 2 aliphatic rings. The first kappa shape index (κ1) is 53.9. The quantitative estimate of drug-likeness (QED) is 0.0553. The number of terminal acetylenes is 1. The molecule has 0 saturated carbocycles. The zero-order valence-corrected chi connectivity index (χ0v) is 39.9. The van der Waals surface area contributed by atoms with Crippen LogP contribution >= 0.6 is 12.4 Å². The molecule has 5 heterocycles. The number of nitrogens with two attached hydrogens (primary N) is 2. The largest absolute Gasteiger partial charge is 0.393 e. The van der Waals surface area contributed by atoms with E-state index in [2.05, 4.69) is 55.5 Å². The predicted octanol–water partition coefficient (Wildman–Crippen LogP) is 0.731. The predicted molar refractivity (Wildman–Crippen MR) is 252 cm³/mol. The van der Waals surface area contributed by atoms with Gasteiger partial charge in [-0.3, -0.25) is 9.59 Å². The number of nitrogens with zero attached hydrogens (tertiary/aromatic N) is 13. The van der Waals surface area contributed by atoms with Crippen LogP contribution in [-0.2, 0) is 36.6 Å². The van der Waals surface area contributed by atoms with Crippen molar-refractivity contribution in [1.82, 2.24) is 54.7 Å². The number of ether oxygens (including phenoxy) is 3. The first-order valence-electron chi connectivity index (χ1n) is 23.3. The van der Waals surface area contributed by atoms with E-state index in [0.717, 1.165) is 44.2 Å². The number of anilines is 3. The van der Waals surface area contributed by atoms with E-state index in [-0.39, 0.29) is 36.7 Å². The molecule has 0 spiro atoms. The van der Waals surface area contributed by atoms with Crippen LogP contribution in [0, 0.1) is 18.3 Å². The third-order valence-electron chi connectivity index (χ3n) is 11.6. The van der Waals surface area contributed by atoms with Crippen LogP contribution < -0.4 is 26.6 Å². The molecule has 2 saturated heterocycles. The molecule has 1 unspecified atom stereocenters. The fraction of sp³-hybridized carbons (Fsp3) is 0.744. The van der Waals surface area contributed by atoms with E-state index in [1.807, 2.05) is 16.0 Å². The van der Waals surface area contributed by atoms with Gasteiger partial charge in [-0.05, 0) is 64.5 Å². The molecular formula is C43H73ClN16O6. The summed E-state index contributed by atoms with van der Waals surface area (Å²) in [6, 6.07) is -0.991. The topological polar surface area (TPSA) is 259 Å². The smallest absolute Gasteiger partial charge is 0.247 e. The standard InChI is InChI=1S/C43H72N16O6.ClH/c1-5-24-63-26-28-65-29-27-64-25-15-46-41-47-42(56-20-16-54(17-21-56)39(61)37(12-8-10-14-45)58-32-36(51-52-58)30-34(4)60)49-43(48-41)57-22-18-55(19-23-57)40(62)38(33(3)6-2)59-31-35(50-53-59)11-7-9-13-44;/h1,31-34,37-38,60H,6-30,44-45H2,2-4H3,(H,46,47,48,49);1H/t33-,34?,37-,38-;/m0./s1. The van der Waals surface area contributed by atoms with Crippen LogP contribution in [-0.4, -0.2) is 189 Å². The van der Waals surface area contributed by atoms with Crippen LogP contribution in [0.15, 0.2) is 12.4 Å². The van der Waals surface area contributed by atoms with Crippen molar-refractivity contribution in [2.45, 2.75) is 90.3 Å². The van der Waals surface area contributed by atoms with Gasteiger partial charge in [0.05, 0.1) is 50.5 Å². The number of hydrogen-bond acceptors (Lipinski definition) is 18. The summed E-state index contributed by atoms with van der Waals surface area (Å²) in [6.45, 7) is 13.8. The molecule has 3 aromatic heterocycles. The average Bonchev–Trinajstić information content (AvgIpc) is 3.99. The van der Waals surface area contributed by atoms with Crippen molar-refractivity contribution < 1.29 is 28.9 Å². The molecule has 22 nitrogen and oxygen atoms in total. The summed E-state index contributed by atoms with van der Waals surface area (Å²) in [5.74, 6) is 3.87. The van der Waals surface area contributed by atoms with Crippen LogP contribution in [0.2, 0.25) is 0 Å². The second-order valence-corrected chi connectivity index (χ2v) is 16.6. The van der Waals surface area contributed by atoms with E-state index in [1.165, 1.54) is 0 Å². The molecule has 3 aromatic rings. The summed E-state index contributed by atoms with van der Waals surface area (Å²) in [7, 11) is 0. The number of halogens is 1. The van der Waals surface area contributed by atoms with Gasteiger partial charge in [0.15, 0.2) is 0 Å². The SMILES string of the molecule is C#CCOCCOCCOCCNc1nc(N2CCN(C(=O)[C@H]([C@@H](C)CC)n3cc(CCCCN)nn3)CC2)nc(N2CCN(C(=O)[C@H](CCCCN)n3cc(CC(C)O)nn3)CC2)n1.Cl. The van der Waals surface area contributed by atoms with E-state index in [0.29, 0.717) is 141 Å². The number of aryl methyl sites for hydroxylation is 1. The minimum atomic E-state index is -0.570. The van der Waals surface area contributed by atoms with E-state index in [1.54, 1.807) is 22.5 Å². The van der Waals surface area contributed by atoms with Crippen LogP contribution in [0.3, 0.4) is 0 Å². The average molecular weight is 946 g/mol. The lowest BCUT2D eigenvalue weighted by Crippen LogP contribution is -2.52. The summed E-state index contributed by atoms with van der Waals surface area (Å²) >= 11 is 0. The molecule has 4 atom stereocenters. The molecule has 0 radical (unpaired) electrons. The summed E-state index contributed by atoms with van der Waals surface area (Å²) < 4.78 is 19.9. The summed E-state index contributed by atoms with van der Waals surface area (Å²) in [5, 5.41) is 30.5. The Balaban J connectivity index is 0.00000952. The first-order valence-corrected chi connectivity index (χ1v) is 23.3. The lowest BCUT2D eigenvalue weighted by atomic mass is 9.97. The second-order valence-electron chi connectivity index (χ2n) is 16.6. The van der Waals surface area contributed by atoms with E-state index in [4.69, 9.17) is 47.1 Å². The lowest BCUT2D eigenvalue weighted by molar-refractivity contribution is -0.137. The first-order chi connectivity index (χ1) is 31.6. The van der Waals surface area contributed by atoms with Gasteiger partial charge in [-0.2, -0.15) is 15.0 Å². The fourth-order valence-corrected chi connectivity index (χ4v) is 7.74. The van der Waals surface area contributed by atoms with Crippen molar-refractivity contribution in [1.29, 1.82) is 0 Å². The lowest BCUT2D eigenvalue weighted by Gasteiger charge is -2.38. The maximum atomic E-state index is 14.2. The normalized spacial score (nSPS) is 16.1. The van der Waals surface area contributed by atoms with Gasteiger partial charge in [0, 0.05) is 77.7 Å². The Labute approximate surface area is 395 Å². The number of nitrogens with one attached hydrogen (secondary N) is 1. The minimum absolute atomic E-state index is 0. The summed E-state index contributed by atoms with van der Waals surface area (Å²) in [5.41, 5.74) is 13.0. The van der Waals surface area contributed by atoms with Crippen molar-refractivity contribution >= 4 is 42.1 Å². The molecule has 0 bridgehead atoms. The Hall–Kier alpha value is -4.76. The number of amides is 2. The van der Waals surface area contributed by atoms with Crippen molar-refractivity contribution in [3.8, 4) is 12.3 Å². The number of piperazine rings is 2. The molecule has 368 valence electrons. The Morgan fingerprint density at radius 3 is 1.94 bits per heavy atom. The molecule has 5 rings (SSSR count). The monoisotopic (exact) mass is 945 g/mol. The number of aromatic nitrogens is 9. The summed E-state index contributed by atoms with van der Waals surface area (Å²) in [6.07, 6.45) is 14.2. The maximum absolute atomic E-state index is 14.2. The molecule has 2 amide bonds. The Morgan fingerprint density at radius 1 is 0.773 bits per heavy atom. The van der Waals surface area contributed by atoms with Gasteiger partial charge in [0.1, 0.15) is 18.7 Å². The van der Waals surface area contributed by atoms with Gasteiger partial charge >= 0.3 is 0 Å². The molecule has 0 aromatic carbocycles. The number of carbonyl (C=O) groups is 2. The highest BCUT2D eigenvalue weighted by Gasteiger charge is 2.35. The molecule has 2 fully saturated rings. The fourth-order valence-electron chi connectivity index (χ4n) is 7.74. The Bertz CT molecular complexity index is 1900. The van der Waals surface area contributed by atoms with Gasteiger partial charge in [-0.25, -0.2) is 9.36 Å². The van der Waals surface area contributed by atoms with Crippen molar-refractivity contribution in [3.63, 3.8) is 0 Å². The van der Waals surface area contributed by atoms with E-state index < -0.39 is 18.2 Å². The van der Waals surface area contributed by atoms with Gasteiger partial charge in [0.2, 0.25) is 29.7 Å². The number of unbranched alkanes of at least 4 members (excludes halogenated alkanes) is 2. The maximum Gasteiger partial charge on any atom is 0.247 e. The second kappa shape index (κ2) is 29.1. The molecule has 66 heavy (non-hydrogen) atoms. The Kier molecular flexibility index (Phi) is 23.7. The van der Waals surface area contributed by atoms with Crippen LogP contribution in [0.4, 0.5) is 17.8 Å². The van der Waals surface area contributed by atoms with Crippen molar-refractivity contribution in [2.24, 2.45) is 17.4 Å². The highest BCUT2D eigenvalue weighted by atomic mass is 35.5. The number of rotatable bonds is 29. The molecule has 6 N–H and O–H groups in total. The van der Waals surface area contributed by atoms with Gasteiger partial charge < -0.3 is 55.7 Å². The molecule has 0 aliphatic carbocycles. The molecule has 2 aliphatic heterocycles. The molecular weight excluding hydrogens is 872 g/mol. The number of aliphatic hydroxyl groups is 1. The van der Waals surface area contributed by atoms with Crippen LogP contribution in [0.25, 0.3) is 0 Å². The van der Waals surface area contributed by atoms with Crippen LogP contribution in [0.1, 0.15) is 82.8 Å². The van der Waals surface area contributed by atoms with Gasteiger partial charge in [-0.1, -0.05) is 36.6 Å².